The van der Waals surface area contributed by atoms with E-state index in [4.69, 9.17) is 4.74 Å². The van der Waals surface area contributed by atoms with Gasteiger partial charge in [0.25, 0.3) is 0 Å². The van der Waals surface area contributed by atoms with Crippen LogP contribution in [0.2, 0.25) is 0 Å². The number of nitrogens with one attached hydrogen (secondary N) is 1. The first-order valence-corrected chi connectivity index (χ1v) is 5.67. The van der Waals surface area contributed by atoms with Gasteiger partial charge in [-0.15, -0.1) is 0 Å². The molecule has 16 heavy (non-hydrogen) atoms. The van der Waals surface area contributed by atoms with Crippen LogP contribution in [0.4, 0.5) is 4.39 Å². The van der Waals surface area contributed by atoms with Crippen LogP contribution in [-0.2, 0) is 11.3 Å². The molecule has 0 aliphatic rings. The Hall–Kier alpha value is -0.930. The third kappa shape index (κ3) is 4.73. The Labute approximate surface area is 96.8 Å². The van der Waals surface area contributed by atoms with Crippen molar-refractivity contribution in [3.63, 3.8) is 0 Å². The zero-order chi connectivity index (χ0) is 12.0. The minimum absolute atomic E-state index is 0.146. The molecule has 3 heteroatoms. The Kier molecular flexibility index (Phi) is 5.43. The first kappa shape index (κ1) is 13.1. The number of ether oxygens (including phenoxy) is 1. The third-order valence-corrected chi connectivity index (χ3v) is 2.28. The molecule has 0 unspecified atom stereocenters. The van der Waals surface area contributed by atoms with Crippen LogP contribution in [0.25, 0.3) is 0 Å². The number of hydrogen-bond acceptors (Lipinski definition) is 2. The predicted octanol–water partition coefficient (Wildman–Crippen LogP) is 2.65. The highest BCUT2D eigenvalue weighted by Gasteiger charge is 1.98. The van der Waals surface area contributed by atoms with Crippen molar-refractivity contribution in [2.24, 2.45) is 0 Å². The van der Waals surface area contributed by atoms with Gasteiger partial charge in [0, 0.05) is 13.1 Å². The minimum Gasteiger partial charge on any atom is -0.377 e. The topological polar surface area (TPSA) is 21.3 Å². The van der Waals surface area contributed by atoms with E-state index in [1.807, 2.05) is 19.9 Å². The Morgan fingerprint density at radius 1 is 1.38 bits per heavy atom. The van der Waals surface area contributed by atoms with Crippen molar-refractivity contribution in [2.45, 2.75) is 33.4 Å². The largest absolute Gasteiger partial charge is 0.377 e. The van der Waals surface area contributed by atoms with Gasteiger partial charge in [-0.3, -0.25) is 0 Å². The fourth-order valence-electron chi connectivity index (χ4n) is 1.42. The van der Waals surface area contributed by atoms with Crippen LogP contribution < -0.4 is 5.32 Å². The molecule has 0 aliphatic carbocycles. The lowest BCUT2D eigenvalue weighted by Crippen LogP contribution is -2.21. The van der Waals surface area contributed by atoms with Gasteiger partial charge in [0.2, 0.25) is 0 Å². The number of hydrogen-bond donors (Lipinski definition) is 1. The highest BCUT2D eigenvalue weighted by atomic mass is 19.1. The van der Waals surface area contributed by atoms with Crippen molar-refractivity contribution in [1.82, 2.24) is 5.32 Å². The maximum Gasteiger partial charge on any atom is 0.126 e. The van der Waals surface area contributed by atoms with Crippen molar-refractivity contribution in [2.75, 3.05) is 13.2 Å². The van der Waals surface area contributed by atoms with Gasteiger partial charge in [0.05, 0.1) is 12.7 Å². The third-order valence-electron chi connectivity index (χ3n) is 2.28. The van der Waals surface area contributed by atoms with Crippen molar-refractivity contribution >= 4 is 0 Å². The summed E-state index contributed by atoms with van der Waals surface area (Å²) in [6.07, 6.45) is 0.273. The van der Waals surface area contributed by atoms with Crippen molar-refractivity contribution in [3.05, 3.63) is 35.1 Å². The number of aryl methyl sites for hydroxylation is 1. The summed E-state index contributed by atoms with van der Waals surface area (Å²) in [5, 5.41) is 3.26. The molecule has 0 bridgehead atoms. The first-order chi connectivity index (χ1) is 7.59. The van der Waals surface area contributed by atoms with Gasteiger partial charge in [0.1, 0.15) is 5.82 Å². The van der Waals surface area contributed by atoms with Gasteiger partial charge < -0.3 is 10.1 Å². The monoisotopic (exact) mass is 225 g/mol. The first-order valence-electron chi connectivity index (χ1n) is 5.67. The Morgan fingerprint density at radius 3 is 2.75 bits per heavy atom. The van der Waals surface area contributed by atoms with Crippen LogP contribution in [0, 0.1) is 12.7 Å². The summed E-state index contributed by atoms with van der Waals surface area (Å²) in [4.78, 5) is 0. The molecule has 0 saturated carbocycles. The number of rotatable bonds is 6. The summed E-state index contributed by atoms with van der Waals surface area (Å²) in [6.45, 7) is 8.09. The quantitative estimate of drug-likeness (QED) is 0.751. The van der Waals surface area contributed by atoms with Crippen LogP contribution >= 0.6 is 0 Å². The van der Waals surface area contributed by atoms with Crippen LogP contribution in [0.3, 0.4) is 0 Å². The summed E-state index contributed by atoms with van der Waals surface area (Å²) >= 11 is 0. The summed E-state index contributed by atoms with van der Waals surface area (Å²) < 4.78 is 18.4. The minimum atomic E-state index is -0.146. The van der Waals surface area contributed by atoms with E-state index in [0.717, 1.165) is 18.7 Å². The van der Waals surface area contributed by atoms with Crippen LogP contribution in [0.15, 0.2) is 18.2 Å². The maximum atomic E-state index is 13.0. The van der Waals surface area contributed by atoms with Crippen molar-refractivity contribution in [3.8, 4) is 0 Å². The molecule has 1 aromatic carbocycles. The maximum absolute atomic E-state index is 13.0. The van der Waals surface area contributed by atoms with Gasteiger partial charge in [0.15, 0.2) is 0 Å². The Bertz CT molecular complexity index is 326. The average molecular weight is 225 g/mol. The fraction of sp³-hybridized carbons (Fsp3) is 0.538. The predicted molar refractivity (Wildman–Crippen MR) is 63.9 cm³/mol. The number of halogens is 1. The standard InChI is InChI=1S/C13H20FNO/c1-10(2)16-7-6-15-9-12-4-5-13(14)11(3)8-12/h4-5,8,10,15H,6-7,9H2,1-3H3. The van der Waals surface area contributed by atoms with Crippen molar-refractivity contribution in [1.29, 1.82) is 0 Å². The van der Waals surface area contributed by atoms with E-state index >= 15 is 0 Å². The summed E-state index contributed by atoms with van der Waals surface area (Å²) in [5.41, 5.74) is 1.79. The zero-order valence-electron chi connectivity index (χ0n) is 10.2. The smallest absolute Gasteiger partial charge is 0.126 e. The molecule has 90 valence electrons. The molecule has 0 heterocycles. The molecule has 2 nitrogen and oxygen atoms in total. The molecule has 0 aliphatic heterocycles. The zero-order valence-corrected chi connectivity index (χ0v) is 10.2. The summed E-state index contributed by atoms with van der Waals surface area (Å²) in [6, 6.07) is 5.18. The van der Waals surface area contributed by atoms with Crippen LogP contribution in [-0.4, -0.2) is 19.3 Å². The van der Waals surface area contributed by atoms with E-state index < -0.39 is 0 Å². The SMILES string of the molecule is Cc1cc(CNCCOC(C)C)ccc1F. The second kappa shape index (κ2) is 6.61. The van der Waals surface area contributed by atoms with E-state index in [-0.39, 0.29) is 11.9 Å². The van der Waals surface area contributed by atoms with E-state index in [9.17, 15) is 4.39 Å². The molecule has 1 rings (SSSR count). The van der Waals surface area contributed by atoms with Crippen LogP contribution in [0.1, 0.15) is 25.0 Å². The van der Waals surface area contributed by atoms with E-state index in [1.165, 1.54) is 6.07 Å². The molecule has 1 aromatic rings. The van der Waals surface area contributed by atoms with Gasteiger partial charge in [-0.1, -0.05) is 12.1 Å². The fourth-order valence-corrected chi connectivity index (χ4v) is 1.42. The summed E-state index contributed by atoms with van der Waals surface area (Å²) in [7, 11) is 0. The highest BCUT2D eigenvalue weighted by Crippen LogP contribution is 2.08. The average Bonchev–Trinajstić information content (AvgIpc) is 2.22. The summed E-state index contributed by atoms with van der Waals surface area (Å²) in [5.74, 6) is -0.146. The lowest BCUT2D eigenvalue weighted by Gasteiger charge is -2.09. The van der Waals surface area contributed by atoms with Gasteiger partial charge in [-0.25, -0.2) is 4.39 Å². The normalized spacial score (nSPS) is 11.1. The van der Waals surface area contributed by atoms with E-state index in [2.05, 4.69) is 5.32 Å². The highest BCUT2D eigenvalue weighted by molar-refractivity contribution is 5.23. The molecule has 0 atom stereocenters. The van der Waals surface area contributed by atoms with E-state index in [0.29, 0.717) is 12.2 Å². The molecule has 1 N–H and O–H groups in total. The van der Waals surface area contributed by atoms with Gasteiger partial charge in [-0.2, -0.15) is 0 Å². The molecule has 0 radical (unpaired) electrons. The van der Waals surface area contributed by atoms with Crippen LogP contribution in [0.5, 0.6) is 0 Å². The molecule has 0 aromatic heterocycles. The molecular formula is C13H20FNO. The molecule has 0 spiro atoms. The molecule has 0 fully saturated rings. The van der Waals surface area contributed by atoms with E-state index in [1.54, 1.807) is 13.0 Å². The number of benzene rings is 1. The Morgan fingerprint density at radius 2 is 2.12 bits per heavy atom. The van der Waals surface area contributed by atoms with Gasteiger partial charge in [-0.05, 0) is 38.0 Å². The Balaban J connectivity index is 2.24. The second-order valence-corrected chi connectivity index (χ2v) is 4.18. The van der Waals surface area contributed by atoms with Crippen molar-refractivity contribution < 1.29 is 9.13 Å². The molecule has 0 amide bonds. The molecule has 0 saturated heterocycles. The lowest BCUT2D eigenvalue weighted by atomic mass is 10.1. The lowest BCUT2D eigenvalue weighted by molar-refractivity contribution is 0.0807. The molecular weight excluding hydrogens is 205 g/mol. The second-order valence-electron chi connectivity index (χ2n) is 4.18. The van der Waals surface area contributed by atoms with Gasteiger partial charge >= 0.3 is 0 Å².